The number of pyridine rings is 1. The van der Waals surface area contributed by atoms with Gasteiger partial charge >= 0.3 is 6.09 Å². The Kier molecular flexibility index (Phi) is 6.25. The zero-order valence-corrected chi connectivity index (χ0v) is 15.2. The first-order valence-electron chi connectivity index (χ1n) is 9.14. The first kappa shape index (κ1) is 18.7. The van der Waals surface area contributed by atoms with Crippen molar-refractivity contribution in [1.82, 2.24) is 15.2 Å². The number of aromatic nitrogens is 1. The van der Waals surface area contributed by atoms with E-state index in [1.807, 2.05) is 29.2 Å². The second-order valence-corrected chi connectivity index (χ2v) is 6.51. The molecular weight excluding hydrogens is 344 g/mol. The molecule has 7 heteroatoms. The normalized spacial score (nSPS) is 14.1. The summed E-state index contributed by atoms with van der Waals surface area (Å²) in [6.45, 7) is 2.74. The van der Waals surface area contributed by atoms with Crippen LogP contribution in [0.4, 0.5) is 10.6 Å². The monoisotopic (exact) mass is 368 g/mol. The number of aryl methyl sites for hydroxylation is 1. The van der Waals surface area contributed by atoms with Crippen LogP contribution in [0.1, 0.15) is 22.3 Å². The molecule has 2 amide bonds. The molecule has 3 rings (SSSR count). The fourth-order valence-corrected chi connectivity index (χ4v) is 3.08. The molecule has 1 aliphatic rings. The van der Waals surface area contributed by atoms with E-state index in [9.17, 15) is 9.59 Å². The van der Waals surface area contributed by atoms with Crippen molar-refractivity contribution in [3.05, 3.63) is 59.8 Å². The summed E-state index contributed by atoms with van der Waals surface area (Å²) in [4.78, 5) is 31.0. The lowest BCUT2D eigenvalue weighted by atomic mass is 10.1. The number of hydrogen-bond donors (Lipinski definition) is 2. The van der Waals surface area contributed by atoms with Crippen molar-refractivity contribution in [1.29, 1.82) is 0 Å². The Morgan fingerprint density at radius 1 is 1.04 bits per heavy atom. The van der Waals surface area contributed by atoms with Crippen LogP contribution in [0.2, 0.25) is 0 Å². The number of rotatable bonds is 6. The Labute approximate surface area is 158 Å². The molecule has 2 heterocycles. The van der Waals surface area contributed by atoms with E-state index >= 15 is 0 Å². The highest BCUT2D eigenvalue weighted by molar-refractivity contribution is 5.94. The largest absolute Gasteiger partial charge is 0.465 e. The average molecular weight is 368 g/mol. The van der Waals surface area contributed by atoms with Gasteiger partial charge in [0.1, 0.15) is 5.82 Å². The summed E-state index contributed by atoms with van der Waals surface area (Å²) in [5.74, 6) is 0.637. The van der Waals surface area contributed by atoms with E-state index in [1.165, 1.54) is 10.5 Å². The van der Waals surface area contributed by atoms with Gasteiger partial charge in [-0.25, -0.2) is 9.78 Å². The van der Waals surface area contributed by atoms with E-state index in [1.54, 1.807) is 12.3 Å². The van der Waals surface area contributed by atoms with Crippen LogP contribution < -0.4 is 10.2 Å². The van der Waals surface area contributed by atoms with E-state index in [0.29, 0.717) is 38.3 Å². The first-order chi connectivity index (χ1) is 13.1. The van der Waals surface area contributed by atoms with Crippen molar-refractivity contribution in [2.24, 2.45) is 0 Å². The lowest BCUT2D eigenvalue weighted by Gasteiger charge is -2.33. The smallest absolute Gasteiger partial charge is 0.407 e. The molecule has 0 aliphatic carbocycles. The maximum absolute atomic E-state index is 12.2. The number of hydrogen-bond acceptors (Lipinski definition) is 4. The van der Waals surface area contributed by atoms with Crippen LogP contribution in [0.15, 0.2) is 48.7 Å². The number of anilines is 1. The molecule has 0 saturated carbocycles. The molecule has 142 valence electrons. The minimum absolute atomic E-state index is 0.127. The Balaban J connectivity index is 1.44. The van der Waals surface area contributed by atoms with Crippen LogP contribution in [0.5, 0.6) is 0 Å². The summed E-state index contributed by atoms with van der Waals surface area (Å²) in [7, 11) is 0. The third kappa shape index (κ3) is 5.20. The highest BCUT2D eigenvalue weighted by Crippen LogP contribution is 2.14. The molecule has 0 bridgehead atoms. The lowest BCUT2D eigenvalue weighted by Crippen LogP contribution is -2.48. The van der Waals surface area contributed by atoms with Gasteiger partial charge in [0, 0.05) is 38.9 Å². The molecule has 1 aliphatic heterocycles. The predicted octanol–water partition coefficient (Wildman–Crippen LogP) is 2.24. The van der Waals surface area contributed by atoms with Gasteiger partial charge in [-0.3, -0.25) is 4.79 Å². The molecule has 27 heavy (non-hydrogen) atoms. The number of benzene rings is 1. The molecule has 0 spiro atoms. The highest BCUT2D eigenvalue weighted by Gasteiger charge is 2.21. The Morgan fingerprint density at radius 3 is 2.41 bits per heavy atom. The first-order valence-corrected chi connectivity index (χ1v) is 9.14. The van der Waals surface area contributed by atoms with Gasteiger partial charge in [0.2, 0.25) is 0 Å². The maximum Gasteiger partial charge on any atom is 0.407 e. The molecule has 1 aromatic heterocycles. The zero-order chi connectivity index (χ0) is 19.1. The van der Waals surface area contributed by atoms with Crippen molar-refractivity contribution in [3.8, 4) is 0 Å². The van der Waals surface area contributed by atoms with Gasteiger partial charge in [0.25, 0.3) is 5.91 Å². The lowest BCUT2D eigenvalue weighted by molar-refractivity contribution is 0.0952. The van der Waals surface area contributed by atoms with Crippen LogP contribution in [0.3, 0.4) is 0 Å². The zero-order valence-electron chi connectivity index (χ0n) is 15.2. The molecule has 1 aromatic carbocycles. The number of nitrogens with one attached hydrogen (secondary N) is 1. The third-order valence-corrected chi connectivity index (χ3v) is 4.65. The van der Waals surface area contributed by atoms with Crippen LogP contribution in [-0.4, -0.2) is 59.7 Å². The summed E-state index contributed by atoms with van der Waals surface area (Å²) in [6.07, 6.45) is 2.50. The number of amides is 2. The number of nitrogens with zero attached hydrogens (tertiary/aromatic N) is 3. The second-order valence-electron chi connectivity index (χ2n) is 6.51. The van der Waals surface area contributed by atoms with Crippen molar-refractivity contribution in [3.63, 3.8) is 0 Å². The van der Waals surface area contributed by atoms with Gasteiger partial charge in [0.15, 0.2) is 0 Å². The van der Waals surface area contributed by atoms with Gasteiger partial charge < -0.3 is 20.2 Å². The van der Waals surface area contributed by atoms with Crippen molar-refractivity contribution < 1.29 is 14.7 Å². The average Bonchev–Trinajstić information content (AvgIpc) is 2.72. The summed E-state index contributed by atoms with van der Waals surface area (Å²) in [5.41, 5.74) is 1.79. The van der Waals surface area contributed by atoms with E-state index < -0.39 is 6.09 Å². The van der Waals surface area contributed by atoms with E-state index in [2.05, 4.69) is 22.4 Å². The minimum Gasteiger partial charge on any atom is -0.465 e. The summed E-state index contributed by atoms with van der Waals surface area (Å²) in [5, 5.41) is 11.9. The Morgan fingerprint density at radius 2 is 1.78 bits per heavy atom. The molecule has 1 saturated heterocycles. The van der Waals surface area contributed by atoms with Crippen LogP contribution in [0.25, 0.3) is 0 Å². The minimum atomic E-state index is -0.887. The van der Waals surface area contributed by atoms with Crippen molar-refractivity contribution in [2.75, 3.05) is 37.6 Å². The third-order valence-electron chi connectivity index (χ3n) is 4.65. The van der Waals surface area contributed by atoms with Gasteiger partial charge in [-0.1, -0.05) is 30.3 Å². The fourth-order valence-electron chi connectivity index (χ4n) is 3.08. The van der Waals surface area contributed by atoms with E-state index in [4.69, 9.17) is 5.11 Å². The summed E-state index contributed by atoms with van der Waals surface area (Å²) in [6, 6.07) is 13.8. The van der Waals surface area contributed by atoms with Gasteiger partial charge in [0.05, 0.1) is 5.56 Å². The molecule has 0 unspecified atom stereocenters. The quantitative estimate of drug-likeness (QED) is 0.764. The second kappa shape index (κ2) is 9.02. The summed E-state index contributed by atoms with van der Waals surface area (Å²) < 4.78 is 0. The van der Waals surface area contributed by atoms with Crippen LogP contribution in [-0.2, 0) is 6.42 Å². The number of carboxylic acid groups (broad SMARTS) is 1. The van der Waals surface area contributed by atoms with Gasteiger partial charge in [-0.05, 0) is 30.5 Å². The standard InChI is InChI=1S/C20H24N4O3/c25-19(21-10-4-7-16-5-2-1-3-6-16)17-8-9-18(22-15-17)23-11-13-24(14-12-23)20(26)27/h1-3,5-6,8-9,15H,4,7,10-14H2,(H,21,25)(H,26,27). The number of carbonyl (C=O) groups is 2. The molecule has 7 nitrogen and oxygen atoms in total. The molecule has 1 fully saturated rings. The molecule has 2 N–H and O–H groups in total. The van der Waals surface area contributed by atoms with Crippen molar-refractivity contribution >= 4 is 17.8 Å². The molecule has 0 atom stereocenters. The predicted molar refractivity (Wildman–Crippen MR) is 103 cm³/mol. The fraction of sp³-hybridized carbons (Fsp3) is 0.350. The molecule has 0 radical (unpaired) electrons. The topological polar surface area (TPSA) is 85.8 Å². The summed E-state index contributed by atoms with van der Waals surface area (Å²) >= 11 is 0. The van der Waals surface area contributed by atoms with Crippen molar-refractivity contribution in [2.45, 2.75) is 12.8 Å². The SMILES string of the molecule is O=C(NCCCc1ccccc1)c1ccc(N2CCN(C(=O)O)CC2)nc1. The van der Waals surface area contributed by atoms with Crippen LogP contribution >= 0.6 is 0 Å². The maximum atomic E-state index is 12.2. The van der Waals surface area contributed by atoms with Crippen LogP contribution in [0, 0.1) is 0 Å². The van der Waals surface area contributed by atoms with E-state index in [0.717, 1.165) is 18.7 Å². The van der Waals surface area contributed by atoms with Gasteiger partial charge in [-0.2, -0.15) is 0 Å². The molecular formula is C20H24N4O3. The highest BCUT2D eigenvalue weighted by atomic mass is 16.4. The van der Waals surface area contributed by atoms with E-state index in [-0.39, 0.29) is 5.91 Å². The number of piperazine rings is 1. The number of carbonyl (C=O) groups excluding carboxylic acids is 1. The van der Waals surface area contributed by atoms with Gasteiger partial charge in [-0.15, -0.1) is 0 Å². The Bertz CT molecular complexity index is 757. The molecule has 2 aromatic rings. The Hall–Kier alpha value is -3.09.